The number of carbonyl (C=O) groups is 1. The van der Waals surface area contributed by atoms with Gasteiger partial charge in [0.1, 0.15) is 17.1 Å². The van der Waals surface area contributed by atoms with Crippen LogP contribution in [0.25, 0.3) is 21.7 Å². The highest BCUT2D eigenvalue weighted by Gasteiger charge is 2.22. The van der Waals surface area contributed by atoms with Crippen LogP contribution in [0.4, 0.5) is 0 Å². The number of ether oxygens (including phenoxy) is 5. The summed E-state index contributed by atoms with van der Waals surface area (Å²) in [4.78, 5) is 25.4. The van der Waals surface area contributed by atoms with Crippen LogP contribution in [0.5, 0.6) is 28.7 Å². The molecule has 0 radical (unpaired) electrons. The third kappa shape index (κ3) is 5.22. The largest absolute Gasteiger partial charge is 0.493 e. The highest BCUT2D eigenvalue weighted by atomic mass is 79.9. The maximum atomic E-state index is 12.8. The molecule has 0 amide bonds. The van der Waals surface area contributed by atoms with E-state index in [-0.39, 0.29) is 28.7 Å². The average Bonchev–Trinajstić information content (AvgIpc) is 2.86. The van der Waals surface area contributed by atoms with Crippen LogP contribution in [0.1, 0.15) is 26.3 Å². The Morgan fingerprint density at radius 1 is 0.892 bits per heavy atom. The second-order valence-corrected chi connectivity index (χ2v) is 10.2. The van der Waals surface area contributed by atoms with Crippen molar-refractivity contribution in [3.63, 3.8) is 0 Å². The fourth-order valence-electron chi connectivity index (χ4n) is 4.11. The van der Waals surface area contributed by atoms with Crippen molar-refractivity contribution in [1.82, 2.24) is 0 Å². The van der Waals surface area contributed by atoms with Crippen LogP contribution in [-0.2, 0) is 10.2 Å². The van der Waals surface area contributed by atoms with E-state index in [0.29, 0.717) is 33.8 Å². The van der Waals surface area contributed by atoms with E-state index >= 15 is 0 Å². The summed E-state index contributed by atoms with van der Waals surface area (Å²) >= 11 is 3.48. The van der Waals surface area contributed by atoms with Crippen LogP contribution in [0.2, 0.25) is 0 Å². The van der Waals surface area contributed by atoms with Gasteiger partial charge in [-0.15, -0.1) is 0 Å². The Morgan fingerprint density at radius 2 is 1.62 bits per heavy atom. The molecule has 3 aromatic carbocycles. The van der Waals surface area contributed by atoms with Crippen LogP contribution in [-0.4, -0.2) is 33.9 Å². The zero-order valence-corrected chi connectivity index (χ0v) is 23.0. The molecule has 0 N–H and O–H groups in total. The van der Waals surface area contributed by atoms with Gasteiger partial charge >= 0.3 is 11.6 Å². The molecular weight excluding hydrogens is 544 g/mol. The first-order valence-electron chi connectivity index (χ1n) is 11.4. The summed E-state index contributed by atoms with van der Waals surface area (Å²) in [5.74, 6) is 1.21. The molecule has 0 saturated carbocycles. The van der Waals surface area contributed by atoms with Gasteiger partial charge in [-0.3, -0.25) is 0 Å². The Hall–Kier alpha value is -3.72. The van der Waals surface area contributed by atoms with Gasteiger partial charge in [-0.25, -0.2) is 9.59 Å². The molecule has 0 saturated heterocycles. The maximum Gasteiger partial charge on any atom is 0.349 e. The highest BCUT2D eigenvalue weighted by Crippen LogP contribution is 2.45. The SMILES string of the molecule is COc1cc2c(=O)oc3cc(OC(=O)COc4ccc(Br)cc4C(C)(C)C)ccc3c2c(OC)c1OC. The topological polar surface area (TPSA) is 93.4 Å². The Kier molecular flexibility index (Phi) is 7.36. The predicted molar refractivity (Wildman–Crippen MR) is 144 cm³/mol. The molecule has 1 aromatic heterocycles. The quantitative estimate of drug-likeness (QED) is 0.115. The molecule has 37 heavy (non-hydrogen) atoms. The third-order valence-electron chi connectivity index (χ3n) is 5.80. The van der Waals surface area contributed by atoms with Gasteiger partial charge in [-0.1, -0.05) is 36.7 Å². The van der Waals surface area contributed by atoms with Gasteiger partial charge in [-0.05, 0) is 41.8 Å². The van der Waals surface area contributed by atoms with E-state index in [1.807, 2.05) is 18.2 Å². The van der Waals surface area contributed by atoms with Crippen LogP contribution >= 0.6 is 15.9 Å². The second-order valence-electron chi connectivity index (χ2n) is 9.27. The Labute approximate surface area is 222 Å². The molecule has 0 unspecified atom stereocenters. The van der Waals surface area contributed by atoms with E-state index < -0.39 is 11.6 Å². The van der Waals surface area contributed by atoms with Crippen LogP contribution < -0.4 is 29.3 Å². The molecule has 9 heteroatoms. The summed E-state index contributed by atoms with van der Waals surface area (Å²) in [7, 11) is 4.43. The van der Waals surface area contributed by atoms with Gasteiger partial charge in [0.2, 0.25) is 5.75 Å². The number of hydrogen-bond donors (Lipinski definition) is 0. The number of halogens is 1. The van der Waals surface area contributed by atoms with Crippen molar-refractivity contribution in [3.05, 3.63) is 62.9 Å². The van der Waals surface area contributed by atoms with Gasteiger partial charge < -0.3 is 28.1 Å². The van der Waals surface area contributed by atoms with Crippen molar-refractivity contribution in [2.75, 3.05) is 27.9 Å². The van der Waals surface area contributed by atoms with E-state index in [9.17, 15) is 9.59 Å². The van der Waals surface area contributed by atoms with E-state index in [4.69, 9.17) is 28.1 Å². The predicted octanol–water partition coefficient (Wildman–Crippen LogP) is 6.02. The van der Waals surface area contributed by atoms with Crippen molar-refractivity contribution in [2.45, 2.75) is 26.2 Å². The Morgan fingerprint density at radius 3 is 2.27 bits per heavy atom. The maximum absolute atomic E-state index is 12.8. The molecule has 1 heterocycles. The lowest BCUT2D eigenvalue weighted by Crippen LogP contribution is -2.20. The molecule has 4 aromatic rings. The molecule has 0 aliphatic rings. The normalized spacial score (nSPS) is 11.4. The molecular formula is C28H27BrO8. The molecule has 0 fully saturated rings. The van der Waals surface area contributed by atoms with Crippen molar-refractivity contribution in [2.24, 2.45) is 0 Å². The molecule has 4 rings (SSSR count). The highest BCUT2D eigenvalue weighted by molar-refractivity contribution is 9.10. The molecule has 0 aliphatic carbocycles. The first kappa shape index (κ1) is 26.3. The van der Waals surface area contributed by atoms with E-state index in [1.165, 1.54) is 27.4 Å². The average molecular weight is 571 g/mol. The van der Waals surface area contributed by atoms with Crippen molar-refractivity contribution in [3.8, 4) is 28.7 Å². The molecule has 0 atom stereocenters. The fraction of sp³-hybridized carbons (Fsp3) is 0.286. The molecule has 8 nitrogen and oxygen atoms in total. The number of benzene rings is 3. The van der Waals surface area contributed by atoms with E-state index in [1.54, 1.807) is 18.2 Å². The molecule has 194 valence electrons. The summed E-state index contributed by atoms with van der Waals surface area (Å²) < 4.78 is 34.1. The third-order valence-corrected chi connectivity index (χ3v) is 6.30. The van der Waals surface area contributed by atoms with Crippen molar-refractivity contribution < 1.29 is 32.9 Å². The zero-order chi connectivity index (χ0) is 26.9. The van der Waals surface area contributed by atoms with E-state index in [0.717, 1.165) is 10.0 Å². The fourth-order valence-corrected chi connectivity index (χ4v) is 4.47. The zero-order valence-electron chi connectivity index (χ0n) is 21.4. The second kappa shape index (κ2) is 10.3. The number of methoxy groups -OCH3 is 3. The van der Waals surface area contributed by atoms with Crippen LogP contribution in [0.3, 0.4) is 0 Å². The lowest BCUT2D eigenvalue weighted by atomic mass is 9.86. The number of hydrogen-bond acceptors (Lipinski definition) is 8. The van der Waals surface area contributed by atoms with Gasteiger partial charge in [0, 0.05) is 26.9 Å². The summed E-state index contributed by atoms with van der Waals surface area (Å²) in [5.41, 5.74) is 0.390. The Balaban J connectivity index is 1.64. The van der Waals surface area contributed by atoms with Crippen molar-refractivity contribution >= 4 is 43.6 Å². The van der Waals surface area contributed by atoms with Gasteiger partial charge in [-0.2, -0.15) is 0 Å². The lowest BCUT2D eigenvalue weighted by Gasteiger charge is -2.23. The summed E-state index contributed by atoms with van der Waals surface area (Å²) in [6, 6.07) is 11.9. The molecule has 0 spiro atoms. The monoisotopic (exact) mass is 570 g/mol. The first-order valence-corrected chi connectivity index (χ1v) is 12.2. The van der Waals surface area contributed by atoms with Crippen LogP contribution in [0.15, 0.2) is 56.1 Å². The number of rotatable bonds is 7. The first-order chi connectivity index (χ1) is 17.6. The smallest absolute Gasteiger partial charge is 0.349 e. The summed E-state index contributed by atoms with van der Waals surface area (Å²) in [5, 5.41) is 1.34. The van der Waals surface area contributed by atoms with Crippen molar-refractivity contribution in [1.29, 1.82) is 0 Å². The number of fused-ring (bicyclic) bond motifs is 3. The summed E-state index contributed by atoms with van der Waals surface area (Å²) in [6.45, 7) is 5.89. The molecule has 0 bridgehead atoms. The van der Waals surface area contributed by atoms with Gasteiger partial charge in [0.15, 0.2) is 18.1 Å². The Bertz CT molecular complexity index is 1550. The standard InChI is InChI=1S/C28H27BrO8/c1-28(2,3)19-11-15(29)7-10-20(19)35-14-23(30)36-16-8-9-17-21(12-16)37-27(31)18-13-22(32-4)25(33-5)26(34-6)24(17)18/h7-13H,14H2,1-6H3. The lowest BCUT2D eigenvalue weighted by molar-refractivity contribution is -0.136. The molecule has 0 aliphatic heterocycles. The minimum atomic E-state index is -0.603. The van der Waals surface area contributed by atoms with Crippen LogP contribution in [0, 0.1) is 0 Å². The minimum absolute atomic E-state index is 0.185. The minimum Gasteiger partial charge on any atom is -0.493 e. The number of esters is 1. The van der Waals surface area contributed by atoms with Gasteiger partial charge in [0.25, 0.3) is 0 Å². The summed E-state index contributed by atoms with van der Waals surface area (Å²) in [6.07, 6.45) is 0. The van der Waals surface area contributed by atoms with E-state index in [2.05, 4.69) is 36.7 Å². The van der Waals surface area contributed by atoms with Gasteiger partial charge in [0.05, 0.1) is 26.7 Å². The number of carbonyl (C=O) groups excluding carboxylic acids is 1.